The van der Waals surface area contributed by atoms with Gasteiger partial charge in [-0.1, -0.05) is 29.8 Å². The zero-order valence-electron chi connectivity index (χ0n) is 13.2. The number of hydrogen-bond acceptors (Lipinski definition) is 4. The van der Waals surface area contributed by atoms with Crippen LogP contribution in [-0.4, -0.2) is 26.5 Å². The van der Waals surface area contributed by atoms with Crippen LogP contribution in [0.1, 0.15) is 27.0 Å². The fourth-order valence-corrected chi connectivity index (χ4v) is 2.75. The normalized spacial score (nSPS) is 10.6. The molecule has 0 radical (unpaired) electrons. The molecule has 0 saturated carbocycles. The molecule has 1 amide bonds. The monoisotopic (exact) mass is 307 g/mol. The molecule has 0 spiro atoms. The smallest absolute Gasteiger partial charge is 0.256 e. The summed E-state index contributed by atoms with van der Waals surface area (Å²) >= 11 is 0. The summed E-state index contributed by atoms with van der Waals surface area (Å²) in [5.74, 6) is 0.369. The van der Waals surface area contributed by atoms with Crippen LogP contribution >= 0.6 is 0 Å². The summed E-state index contributed by atoms with van der Waals surface area (Å²) in [7, 11) is 0. The van der Waals surface area contributed by atoms with Crippen LogP contribution < -0.4 is 5.32 Å². The van der Waals surface area contributed by atoms with Crippen molar-refractivity contribution in [3.8, 4) is 11.4 Å². The van der Waals surface area contributed by atoms with Crippen molar-refractivity contribution in [1.82, 2.24) is 20.6 Å². The van der Waals surface area contributed by atoms with E-state index in [4.69, 9.17) is 0 Å². The van der Waals surface area contributed by atoms with E-state index in [9.17, 15) is 4.79 Å². The predicted molar refractivity (Wildman–Crippen MR) is 88.2 cm³/mol. The third-order valence-corrected chi connectivity index (χ3v) is 3.63. The van der Waals surface area contributed by atoms with Crippen molar-refractivity contribution in [3.05, 3.63) is 58.7 Å². The third-order valence-electron chi connectivity index (χ3n) is 3.63. The molecule has 0 bridgehead atoms. The molecular formula is C17H17N5O. The molecule has 0 aliphatic carbocycles. The Morgan fingerprint density at radius 2 is 1.83 bits per heavy atom. The van der Waals surface area contributed by atoms with E-state index in [-0.39, 0.29) is 5.91 Å². The highest BCUT2D eigenvalue weighted by atomic mass is 16.1. The highest BCUT2D eigenvalue weighted by Gasteiger charge is 2.13. The zero-order valence-corrected chi connectivity index (χ0v) is 13.2. The van der Waals surface area contributed by atoms with E-state index in [0.29, 0.717) is 17.1 Å². The van der Waals surface area contributed by atoms with Gasteiger partial charge < -0.3 is 5.32 Å². The van der Waals surface area contributed by atoms with Crippen molar-refractivity contribution in [1.29, 1.82) is 0 Å². The Balaban J connectivity index is 1.88. The van der Waals surface area contributed by atoms with Crippen LogP contribution in [-0.2, 0) is 0 Å². The minimum atomic E-state index is -0.120. The van der Waals surface area contributed by atoms with Gasteiger partial charge in [-0.05, 0) is 49.2 Å². The number of nitrogens with zero attached hydrogens (tertiary/aromatic N) is 3. The number of carbonyl (C=O) groups excluding carboxylic acids is 1. The number of hydrogen-bond donors (Lipinski definition) is 2. The van der Waals surface area contributed by atoms with Crippen molar-refractivity contribution in [2.45, 2.75) is 20.8 Å². The van der Waals surface area contributed by atoms with Crippen LogP contribution in [0.15, 0.2) is 36.4 Å². The molecule has 3 aromatic rings. The van der Waals surface area contributed by atoms with Crippen molar-refractivity contribution in [2.75, 3.05) is 5.32 Å². The Labute approximate surface area is 133 Å². The molecule has 0 unspecified atom stereocenters. The van der Waals surface area contributed by atoms with Crippen molar-refractivity contribution >= 4 is 11.6 Å². The standard InChI is InChI=1S/C17H17N5O/c1-10-7-11(2)15(12(3)8-10)17(23)18-14-6-4-5-13(9-14)16-19-21-22-20-16/h4-9H,1-3H3,(H,18,23)(H,19,20,21,22). The number of rotatable bonds is 3. The number of aromatic nitrogens is 4. The predicted octanol–water partition coefficient (Wildman–Crippen LogP) is 3.04. The molecule has 1 heterocycles. The molecule has 3 rings (SSSR count). The average molecular weight is 307 g/mol. The largest absolute Gasteiger partial charge is 0.322 e. The first-order chi connectivity index (χ1) is 11.0. The molecule has 0 fully saturated rings. The van der Waals surface area contributed by atoms with Crippen molar-refractivity contribution in [2.24, 2.45) is 0 Å². The second-order valence-corrected chi connectivity index (χ2v) is 5.54. The molecule has 1 aromatic heterocycles. The van der Waals surface area contributed by atoms with Gasteiger partial charge in [0.05, 0.1) is 0 Å². The second kappa shape index (κ2) is 6.00. The zero-order chi connectivity index (χ0) is 16.4. The molecule has 2 N–H and O–H groups in total. The van der Waals surface area contributed by atoms with Crippen LogP contribution in [0.2, 0.25) is 0 Å². The van der Waals surface area contributed by atoms with E-state index < -0.39 is 0 Å². The minimum absolute atomic E-state index is 0.120. The maximum absolute atomic E-state index is 12.6. The van der Waals surface area contributed by atoms with Gasteiger partial charge in [0.25, 0.3) is 5.91 Å². The van der Waals surface area contributed by atoms with E-state index in [2.05, 4.69) is 25.9 Å². The van der Waals surface area contributed by atoms with Crippen molar-refractivity contribution < 1.29 is 4.79 Å². The van der Waals surface area contributed by atoms with Gasteiger partial charge in [-0.25, -0.2) is 0 Å². The lowest BCUT2D eigenvalue weighted by Crippen LogP contribution is -2.15. The van der Waals surface area contributed by atoms with Gasteiger partial charge in [0.15, 0.2) is 0 Å². The van der Waals surface area contributed by atoms with Crippen LogP contribution in [0.5, 0.6) is 0 Å². The number of amides is 1. The van der Waals surface area contributed by atoms with Crippen LogP contribution in [0, 0.1) is 20.8 Å². The third kappa shape index (κ3) is 3.11. The topological polar surface area (TPSA) is 83.6 Å². The van der Waals surface area contributed by atoms with E-state index in [1.54, 1.807) is 0 Å². The van der Waals surface area contributed by atoms with Gasteiger partial charge in [-0.15, -0.1) is 10.2 Å². The second-order valence-electron chi connectivity index (χ2n) is 5.54. The summed E-state index contributed by atoms with van der Waals surface area (Å²) in [5, 5.41) is 16.8. The first-order valence-electron chi connectivity index (χ1n) is 7.27. The van der Waals surface area contributed by atoms with Gasteiger partial charge in [-0.3, -0.25) is 4.79 Å². The van der Waals surface area contributed by atoms with E-state index in [0.717, 1.165) is 22.3 Å². The first kappa shape index (κ1) is 14.9. The molecule has 2 aromatic carbocycles. The number of anilines is 1. The number of benzene rings is 2. The van der Waals surface area contributed by atoms with Gasteiger partial charge in [-0.2, -0.15) is 5.21 Å². The first-order valence-corrected chi connectivity index (χ1v) is 7.27. The lowest BCUT2D eigenvalue weighted by molar-refractivity contribution is 0.102. The Morgan fingerprint density at radius 3 is 2.48 bits per heavy atom. The lowest BCUT2D eigenvalue weighted by atomic mass is 9.99. The molecule has 116 valence electrons. The molecule has 0 aliphatic heterocycles. The number of H-pyrrole nitrogens is 1. The lowest BCUT2D eigenvalue weighted by Gasteiger charge is -2.12. The van der Waals surface area contributed by atoms with Gasteiger partial charge in [0.2, 0.25) is 5.82 Å². The molecule has 0 aliphatic rings. The van der Waals surface area contributed by atoms with Crippen molar-refractivity contribution in [3.63, 3.8) is 0 Å². The fourth-order valence-electron chi connectivity index (χ4n) is 2.75. The number of tetrazole rings is 1. The molecule has 6 nitrogen and oxygen atoms in total. The quantitative estimate of drug-likeness (QED) is 0.779. The van der Waals surface area contributed by atoms with E-state index in [1.165, 1.54) is 0 Å². The Kier molecular flexibility index (Phi) is 3.89. The Morgan fingerprint density at radius 1 is 1.09 bits per heavy atom. The summed E-state index contributed by atoms with van der Waals surface area (Å²) < 4.78 is 0. The molecular weight excluding hydrogens is 290 g/mol. The van der Waals surface area contributed by atoms with E-state index in [1.807, 2.05) is 57.2 Å². The molecule has 0 atom stereocenters. The summed E-state index contributed by atoms with van der Waals surface area (Å²) in [6.07, 6.45) is 0. The van der Waals surface area contributed by atoms with Crippen LogP contribution in [0.4, 0.5) is 5.69 Å². The van der Waals surface area contributed by atoms with Crippen LogP contribution in [0.25, 0.3) is 11.4 Å². The summed E-state index contributed by atoms with van der Waals surface area (Å²) in [4.78, 5) is 12.6. The highest BCUT2D eigenvalue weighted by Crippen LogP contribution is 2.21. The molecule has 0 saturated heterocycles. The van der Waals surface area contributed by atoms with Gasteiger partial charge >= 0.3 is 0 Å². The van der Waals surface area contributed by atoms with Gasteiger partial charge in [0, 0.05) is 16.8 Å². The highest BCUT2D eigenvalue weighted by molar-refractivity contribution is 6.06. The maximum Gasteiger partial charge on any atom is 0.256 e. The summed E-state index contributed by atoms with van der Waals surface area (Å²) in [5.41, 5.74) is 5.27. The van der Waals surface area contributed by atoms with Gasteiger partial charge in [0.1, 0.15) is 0 Å². The molecule has 6 heteroatoms. The summed E-state index contributed by atoms with van der Waals surface area (Å²) in [6, 6.07) is 11.4. The fraction of sp³-hybridized carbons (Fsp3) is 0.176. The summed E-state index contributed by atoms with van der Waals surface area (Å²) in [6.45, 7) is 5.92. The van der Waals surface area contributed by atoms with Crippen LogP contribution in [0.3, 0.4) is 0 Å². The average Bonchev–Trinajstić information content (AvgIpc) is 3.00. The Bertz CT molecular complexity index is 832. The number of aryl methyl sites for hydroxylation is 3. The van der Waals surface area contributed by atoms with E-state index >= 15 is 0 Å². The number of nitrogens with one attached hydrogen (secondary N) is 2. The molecule has 23 heavy (non-hydrogen) atoms. The SMILES string of the molecule is Cc1cc(C)c(C(=O)Nc2cccc(-c3nn[nH]n3)c2)c(C)c1. The Hall–Kier alpha value is -3.02. The number of carbonyl (C=O) groups is 1. The minimum Gasteiger partial charge on any atom is -0.322 e. The maximum atomic E-state index is 12.6. The number of aromatic amines is 1.